The Morgan fingerprint density at radius 1 is 1.05 bits per heavy atom. The molecule has 0 radical (unpaired) electrons. The van der Waals surface area contributed by atoms with E-state index in [4.69, 9.17) is 32.7 Å². The van der Waals surface area contributed by atoms with Gasteiger partial charge in [-0.25, -0.2) is 0 Å². The summed E-state index contributed by atoms with van der Waals surface area (Å²) in [5.41, 5.74) is 0.976. The lowest BCUT2D eigenvalue weighted by molar-refractivity contribution is 0.409. The maximum atomic E-state index is 6.12. The Morgan fingerprint density at radius 2 is 1.68 bits per heavy atom. The predicted octanol–water partition coefficient (Wildman–Crippen LogP) is 5.87. The molecular formula is C14H11BrCl2O2. The zero-order valence-electron chi connectivity index (χ0n) is 10.3. The van der Waals surface area contributed by atoms with Gasteiger partial charge in [0.05, 0.1) is 17.2 Å². The largest absolute Gasteiger partial charge is 0.496 e. The number of hydrogen-bond acceptors (Lipinski definition) is 2. The number of methoxy groups -OCH3 is 1. The third-order valence-corrected chi connectivity index (χ3v) is 3.57. The Hall–Kier alpha value is -0.900. The molecule has 0 amide bonds. The van der Waals surface area contributed by atoms with Crippen molar-refractivity contribution in [2.75, 3.05) is 7.11 Å². The molecule has 0 spiro atoms. The van der Waals surface area contributed by atoms with Crippen LogP contribution in [-0.4, -0.2) is 7.11 Å². The molecule has 0 aliphatic carbocycles. The van der Waals surface area contributed by atoms with Crippen LogP contribution in [0.3, 0.4) is 0 Å². The minimum Gasteiger partial charge on any atom is -0.496 e. The maximum Gasteiger partial charge on any atom is 0.164 e. The first-order chi connectivity index (χ1) is 9.01. The van der Waals surface area contributed by atoms with E-state index in [1.54, 1.807) is 25.3 Å². The van der Waals surface area contributed by atoms with Crippen molar-refractivity contribution in [3.63, 3.8) is 0 Å². The Balaban J connectivity index is 2.34. The molecule has 100 valence electrons. The third-order valence-electron chi connectivity index (χ3n) is 2.55. The van der Waals surface area contributed by atoms with E-state index < -0.39 is 0 Å². The van der Waals surface area contributed by atoms with Crippen molar-refractivity contribution in [3.05, 3.63) is 50.4 Å². The smallest absolute Gasteiger partial charge is 0.164 e. The van der Waals surface area contributed by atoms with E-state index in [1.165, 1.54) is 0 Å². The average Bonchev–Trinajstić information content (AvgIpc) is 2.34. The van der Waals surface area contributed by atoms with Crippen LogP contribution in [0.4, 0.5) is 0 Å². The molecule has 0 fully saturated rings. The van der Waals surface area contributed by atoms with E-state index in [9.17, 15) is 0 Å². The van der Waals surface area contributed by atoms with Gasteiger partial charge in [0.15, 0.2) is 5.75 Å². The molecule has 2 nitrogen and oxygen atoms in total. The summed E-state index contributed by atoms with van der Waals surface area (Å²) >= 11 is 15.6. The lowest BCUT2D eigenvalue weighted by atomic mass is 10.2. The van der Waals surface area contributed by atoms with Gasteiger partial charge in [-0.3, -0.25) is 0 Å². The second-order valence-electron chi connectivity index (χ2n) is 3.93. The molecular weight excluding hydrogens is 351 g/mol. The van der Waals surface area contributed by atoms with Crippen molar-refractivity contribution < 1.29 is 9.47 Å². The lowest BCUT2D eigenvalue weighted by Gasteiger charge is -2.12. The molecule has 5 heteroatoms. The Kier molecular flexibility index (Phi) is 4.61. The lowest BCUT2D eigenvalue weighted by Crippen LogP contribution is -1.90. The van der Waals surface area contributed by atoms with Crippen molar-refractivity contribution >= 4 is 39.1 Å². The summed E-state index contributed by atoms with van der Waals surface area (Å²) < 4.78 is 11.7. The van der Waals surface area contributed by atoms with E-state index in [0.717, 1.165) is 15.8 Å². The van der Waals surface area contributed by atoms with Gasteiger partial charge in [-0.1, -0.05) is 39.1 Å². The molecule has 0 unspecified atom stereocenters. The highest BCUT2D eigenvalue weighted by Gasteiger charge is 2.11. The van der Waals surface area contributed by atoms with Crippen LogP contribution < -0.4 is 9.47 Å². The van der Waals surface area contributed by atoms with Gasteiger partial charge in [0.25, 0.3) is 0 Å². The van der Waals surface area contributed by atoms with Crippen molar-refractivity contribution in [1.82, 2.24) is 0 Å². The van der Waals surface area contributed by atoms with Crippen LogP contribution >= 0.6 is 39.1 Å². The molecule has 0 aliphatic rings. The van der Waals surface area contributed by atoms with Gasteiger partial charge in [-0.05, 0) is 42.8 Å². The minimum absolute atomic E-state index is 0.441. The molecule has 0 heterocycles. The fraction of sp³-hybridized carbons (Fsp3) is 0.143. The molecule has 0 aliphatic heterocycles. The first-order valence-corrected chi connectivity index (χ1v) is 7.03. The van der Waals surface area contributed by atoms with Gasteiger partial charge in [-0.2, -0.15) is 0 Å². The fourth-order valence-corrected chi connectivity index (χ4v) is 2.94. The van der Waals surface area contributed by atoms with Gasteiger partial charge >= 0.3 is 0 Å². The average molecular weight is 362 g/mol. The van der Waals surface area contributed by atoms with E-state index in [1.807, 2.05) is 19.1 Å². The zero-order chi connectivity index (χ0) is 14.0. The van der Waals surface area contributed by atoms with Gasteiger partial charge in [0.2, 0.25) is 0 Å². The second kappa shape index (κ2) is 6.04. The van der Waals surface area contributed by atoms with Crippen LogP contribution in [-0.2, 0) is 0 Å². The van der Waals surface area contributed by atoms with Crippen molar-refractivity contribution in [2.45, 2.75) is 6.92 Å². The molecule has 0 aromatic heterocycles. The fourth-order valence-electron chi connectivity index (χ4n) is 1.66. The summed E-state index contributed by atoms with van der Waals surface area (Å²) in [7, 11) is 1.63. The third kappa shape index (κ3) is 3.35. The number of benzene rings is 2. The molecule has 2 rings (SSSR count). The van der Waals surface area contributed by atoms with Gasteiger partial charge in [-0.15, -0.1) is 0 Å². The van der Waals surface area contributed by atoms with Crippen LogP contribution in [0, 0.1) is 6.92 Å². The standard InChI is InChI=1S/C14H11BrCl2O2/c1-8-5-10(3-4-13(8)18-2)19-14-11(16)6-9(15)7-12(14)17/h3-7H,1-2H3. The summed E-state index contributed by atoms with van der Waals surface area (Å²) in [6.07, 6.45) is 0. The molecule has 0 saturated heterocycles. The number of aryl methyl sites for hydroxylation is 1. The van der Waals surface area contributed by atoms with Crippen molar-refractivity contribution in [2.24, 2.45) is 0 Å². The zero-order valence-corrected chi connectivity index (χ0v) is 13.4. The number of halogens is 3. The highest BCUT2D eigenvalue weighted by Crippen LogP contribution is 2.39. The van der Waals surface area contributed by atoms with E-state index >= 15 is 0 Å². The van der Waals surface area contributed by atoms with Crippen LogP contribution in [0.1, 0.15) is 5.56 Å². The number of ether oxygens (including phenoxy) is 2. The minimum atomic E-state index is 0.441. The topological polar surface area (TPSA) is 18.5 Å². The van der Waals surface area contributed by atoms with Crippen LogP contribution in [0.2, 0.25) is 10.0 Å². The van der Waals surface area contributed by atoms with Crippen molar-refractivity contribution in [1.29, 1.82) is 0 Å². The maximum absolute atomic E-state index is 6.12. The second-order valence-corrected chi connectivity index (χ2v) is 5.66. The molecule has 0 N–H and O–H groups in total. The van der Waals surface area contributed by atoms with E-state index in [0.29, 0.717) is 21.5 Å². The van der Waals surface area contributed by atoms with E-state index in [2.05, 4.69) is 15.9 Å². The summed E-state index contributed by atoms with van der Waals surface area (Å²) in [6.45, 7) is 1.94. The Morgan fingerprint density at radius 3 is 2.21 bits per heavy atom. The highest BCUT2D eigenvalue weighted by molar-refractivity contribution is 9.10. The Labute approximate surface area is 130 Å². The molecule has 2 aromatic rings. The normalized spacial score (nSPS) is 10.4. The van der Waals surface area contributed by atoms with Gasteiger partial charge in [0.1, 0.15) is 11.5 Å². The van der Waals surface area contributed by atoms with Crippen LogP contribution in [0.15, 0.2) is 34.8 Å². The van der Waals surface area contributed by atoms with E-state index in [-0.39, 0.29) is 0 Å². The molecule has 0 saturated carbocycles. The van der Waals surface area contributed by atoms with Gasteiger partial charge in [0, 0.05) is 4.47 Å². The molecule has 0 bridgehead atoms. The molecule has 19 heavy (non-hydrogen) atoms. The monoisotopic (exact) mass is 360 g/mol. The summed E-state index contributed by atoms with van der Waals surface area (Å²) in [5, 5.41) is 0.903. The Bertz CT molecular complexity index is 591. The molecule has 0 atom stereocenters. The number of hydrogen-bond donors (Lipinski definition) is 0. The number of rotatable bonds is 3. The quantitative estimate of drug-likeness (QED) is 0.681. The summed E-state index contributed by atoms with van der Waals surface area (Å²) in [6, 6.07) is 8.98. The first kappa shape index (κ1) is 14.5. The predicted molar refractivity (Wildman–Crippen MR) is 82.0 cm³/mol. The van der Waals surface area contributed by atoms with Crippen LogP contribution in [0.25, 0.3) is 0 Å². The molecule has 2 aromatic carbocycles. The van der Waals surface area contributed by atoms with Gasteiger partial charge < -0.3 is 9.47 Å². The highest BCUT2D eigenvalue weighted by atomic mass is 79.9. The van der Waals surface area contributed by atoms with Crippen LogP contribution in [0.5, 0.6) is 17.2 Å². The summed E-state index contributed by atoms with van der Waals surface area (Å²) in [4.78, 5) is 0. The first-order valence-electron chi connectivity index (χ1n) is 5.48. The summed E-state index contributed by atoms with van der Waals surface area (Å²) in [5.74, 6) is 1.90. The SMILES string of the molecule is COc1ccc(Oc2c(Cl)cc(Br)cc2Cl)cc1C. The van der Waals surface area contributed by atoms with Crippen molar-refractivity contribution in [3.8, 4) is 17.2 Å².